The standard InChI is InChI=1S/C8H5BrO3/c9-7-1-2-8(12)6(4-11)5(7)3-10/h1-4,12H. The number of halogens is 1. The molecule has 0 spiro atoms. The molecule has 0 bridgehead atoms. The first-order valence-corrected chi connectivity index (χ1v) is 3.92. The maximum Gasteiger partial charge on any atom is 0.154 e. The van der Waals surface area contributed by atoms with Crippen molar-refractivity contribution in [1.29, 1.82) is 0 Å². The van der Waals surface area contributed by atoms with Gasteiger partial charge in [-0.05, 0) is 12.1 Å². The van der Waals surface area contributed by atoms with Crippen LogP contribution in [0, 0.1) is 0 Å². The van der Waals surface area contributed by atoms with Crippen molar-refractivity contribution in [2.24, 2.45) is 0 Å². The number of aldehydes is 2. The van der Waals surface area contributed by atoms with Crippen molar-refractivity contribution in [3.05, 3.63) is 27.7 Å². The molecule has 0 aliphatic heterocycles. The van der Waals surface area contributed by atoms with Crippen LogP contribution in [0.2, 0.25) is 0 Å². The lowest BCUT2D eigenvalue weighted by molar-refractivity contribution is 0.109. The number of benzene rings is 1. The van der Waals surface area contributed by atoms with Crippen LogP contribution in [0.1, 0.15) is 20.7 Å². The van der Waals surface area contributed by atoms with Gasteiger partial charge in [0, 0.05) is 10.0 Å². The minimum absolute atomic E-state index is 0.0133. The van der Waals surface area contributed by atoms with Crippen LogP contribution >= 0.6 is 15.9 Å². The molecule has 1 aromatic carbocycles. The van der Waals surface area contributed by atoms with E-state index in [0.29, 0.717) is 17.0 Å². The Hall–Kier alpha value is -1.16. The van der Waals surface area contributed by atoms with Gasteiger partial charge in [-0.25, -0.2) is 0 Å². The van der Waals surface area contributed by atoms with E-state index in [1.807, 2.05) is 0 Å². The van der Waals surface area contributed by atoms with E-state index < -0.39 is 0 Å². The van der Waals surface area contributed by atoms with Gasteiger partial charge in [0.2, 0.25) is 0 Å². The Balaban J connectivity index is 3.48. The molecule has 0 saturated heterocycles. The van der Waals surface area contributed by atoms with E-state index in [1.165, 1.54) is 12.1 Å². The van der Waals surface area contributed by atoms with E-state index in [2.05, 4.69) is 15.9 Å². The molecule has 0 fully saturated rings. The van der Waals surface area contributed by atoms with Gasteiger partial charge in [-0.3, -0.25) is 9.59 Å². The smallest absolute Gasteiger partial charge is 0.154 e. The van der Waals surface area contributed by atoms with Crippen molar-refractivity contribution in [2.75, 3.05) is 0 Å². The van der Waals surface area contributed by atoms with E-state index >= 15 is 0 Å². The summed E-state index contributed by atoms with van der Waals surface area (Å²) in [6.07, 6.45) is 0.970. The van der Waals surface area contributed by atoms with Gasteiger partial charge < -0.3 is 5.11 Å². The van der Waals surface area contributed by atoms with Crippen molar-refractivity contribution in [1.82, 2.24) is 0 Å². The second-order valence-electron chi connectivity index (χ2n) is 2.13. The fourth-order valence-electron chi connectivity index (χ4n) is 0.842. The quantitative estimate of drug-likeness (QED) is 0.786. The Morgan fingerprint density at radius 2 is 1.75 bits per heavy atom. The summed E-state index contributed by atoms with van der Waals surface area (Å²) in [6.45, 7) is 0. The molecule has 0 radical (unpaired) electrons. The molecule has 4 heteroatoms. The predicted molar refractivity (Wildman–Crippen MR) is 46.6 cm³/mol. The highest BCUT2D eigenvalue weighted by molar-refractivity contribution is 9.10. The average molecular weight is 229 g/mol. The van der Waals surface area contributed by atoms with E-state index in [1.54, 1.807) is 0 Å². The molecule has 0 aliphatic rings. The van der Waals surface area contributed by atoms with Crippen LogP contribution in [0.4, 0.5) is 0 Å². The van der Waals surface area contributed by atoms with Gasteiger partial charge in [0.25, 0.3) is 0 Å². The SMILES string of the molecule is O=Cc1c(O)ccc(Br)c1C=O. The summed E-state index contributed by atoms with van der Waals surface area (Å²) in [4.78, 5) is 20.9. The maximum absolute atomic E-state index is 10.5. The molecule has 3 nitrogen and oxygen atoms in total. The summed E-state index contributed by atoms with van der Waals surface area (Å²) in [5.41, 5.74) is 0.185. The summed E-state index contributed by atoms with van der Waals surface area (Å²) >= 11 is 3.08. The summed E-state index contributed by atoms with van der Waals surface area (Å²) in [7, 11) is 0. The zero-order valence-corrected chi connectivity index (χ0v) is 7.54. The summed E-state index contributed by atoms with van der Waals surface area (Å²) in [5.74, 6) is -0.185. The fraction of sp³-hybridized carbons (Fsp3) is 0. The molecule has 0 aromatic heterocycles. The molecule has 0 amide bonds. The van der Waals surface area contributed by atoms with Crippen LogP contribution in [0.25, 0.3) is 0 Å². The first-order chi connectivity index (χ1) is 5.70. The van der Waals surface area contributed by atoms with Crippen molar-refractivity contribution >= 4 is 28.5 Å². The highest BCUT2D eigenvalue weighted by Crippen LogP contribution is 2.25. The second kappa shape index (κ2) is 3.49. The highest BCUT2D eigenvalue weighted by Gasteiger charge is 2.09. The third-order valence-corrected chi connectivity index (χ3v) is 2.14. The van der Waals surface area contributed by atoms with Crippen LogP contribution < -0.4 is 0 Å². The number of phenolic OH excluding ortho intramolecular Hbond substituents is 1. The monoisotopic (exact) mass is 228 g/mol. The third-order valence-electron chi connectivity index (χ3n) is 1.45. The molecule has 0 unspecified atom stereocenters. The Bertz CT molecular complexity index is 300. The number of rotatable bonds is 2. The Kier molecular flexibility index (Phi) is 2.60. The van der Waals surface area contributed by atoms with Gasteiger partial charge >= 0.3 is 0 Å². The zero-order chi connectivity index (χ0) is 9.14. The Morgan fingerprint density at radius 3 is 2.17 bits per heavy atom. The highest BCUT2D eigenvalue weighted by atomic mass is 79.9. The van der Waals surface area contributed by atoms with Gasteiger partial charge in [0.15, 0.2) is 12.6 Å². The fourth-order valence-corrected chi connectivity index (χ4v) is 1.28. The molecular formula is C8H5BrO3. The molecule has 0 aliphatic carbocycles. The van der Waals surface area contributed by atoms with E-state index in [4.69, 9.17) is 5.11 Å². The number of hydrogen-bond donors (Lipinski definition) is 1. The lowest BCUT2D eigenvalue weighted by Gasteiger charge is -2.01. The number of carbonyl (C=O) groups excluding carboxylic acids is 2. The number of carbonyl (C=O) groups is 2. The van der Waals surface area contributed by atoms with Gasteiger partial charge in [0.1, 0.15) is 5.75 Å². The first kappa shape index (κ1) is 8.93. The van der Waals surface area contributed by atoms with E-state index in [0.717, 1.165) is 0 Å². The molecule has 1 aromatic rings. The van der Waals surface area contributed by atoms with Gasteiger partial charge in [-0.2, -0.15) is 0 Å². The number of aromatic hydroxyl groups is 1. The minimum Gasteiger partial charge on any atom is -0.507 e. The molecule has 0 saturated carbocycles. The molecule has 12 heavy (non-hydrogen) atoms. The Morgan fingerprint density at radius 1 is 1.17 bits per heavy atom. The third kappa shape index (κ3) is 1.38. The Labute approximate surface area is 77.1 Å². The van der Waals surface area contributed by atoms with Gasteiger partial charge in [-0.1, -0.05) is 15.9 Å². The normalized spacial score (nSPS) is 9.42. The maximum atomic E-state index is 10.5. The van der Waals surface area contributed by atoms with Gasteiger partial charge in [-0.15, -0.1) is 0 Å². The molecule has 62 valence electrons. The van der Waals surface area contributed by atoms with Crippen LogP contribution in [0.5, 0.6) is 5.75 Å². The minimum atomic E-state index is -0.185. The number of phenols is 1. The molecule has 1 rings (SSSR count). The van der Waals surface area contributed by atoms with Crippen molar-refractivity contribution in [2.45, 2.75) is 0 Å². The van der Waals surface area contributed by atoms with Crippen molar-refractivity contribution < 1.29 is 14.7 Å². The van der Waals surface area contributed by atoms with E-state index in [-0.39, 0.29) is 16.9 Å². The second-order valence-corrected chi connectivity index (χ2v) is 2.98. The van der Waals surface area contributed by atoms with Crippen molar-refractivity contribution in [3.63, 3.8) is 0 Å². The number of hydrogen-bond acceptors (Lipinski definition) is 3. The lowest BCUT2D eigenvalue weighted by Crippen LogP contribution is -1.92. The van der Waals surface area contributed by atoms with Crippen LogP contribution in [-0.4, -0.2) is 17.7 Å². The molecule has 0 heterocycles. The van der Waals surface area contributed by atoms with E-state index in [9.17, 15) is 9.59 Å². The molecule has 0 atom stereocenters. The topological polar surface area (TPSA) is 54.4 Å². The van der Waals surface area contributed by atoms with Crippen LogP contribution in [-0.2, 0) is 0 Å². The van der Waals surface area contributed by atoms with Crippen LogP contribution in [0.15, 0.2) is 16.6 Å². The summed E-state index contributed by atoms with van der Waals surface area (Å²) < 4.78 is 0.498. The average Bonchev–Trinajstić information content (AvgIpc) is 2.08. The first-order valence-electron chi connectivity index (χ1n) is 3.12. The molecular weight excluding hydrogens is 224 g/mol. The zero-order valence-electron chi connectivity index (χ0n) is 5.95. The molecule has 1 N–H and O–H groups in total. The van der Waals surface area contributed by atoms with Crippen molar-refractivity contribution in [3.8, 4) is 5.75 Å². The van der Waals surface area contributed by atoms with Crippen LogP contribution in [0.3, 0.4) is 0 Å². The summed E-state index contributed by atoms with van der Waals surface area (Å²) in [5, 5.41) is 9.14. The lowest BCUT2D eigenvalue weighted by atomic mass is 10.1. The largest absolute Gasteiger partial charge is 0.507 e. The van der Waals surface area contributed by atoms with Gasteiger partial charge in [0.05, 0.1) is 5.56 Å². The summed E-state index contributed by atoms with van der Waals surface area (Å²) in [6, 6.07) is 2.85. The predicted octanol–water partition coefficient (Wildman–Crippen LogP) is 1.78.